The van der Waals surface area contributed by atoms with Gasteiger partial charge in [0.25, 0.3) is 0 Å². The Labute approximate surface area is 179 Å². The molecule has 0 atom stereocenters. The summed E-state index contributed by atoms with van der Waals surface area (Å²) in [4.78, 5) is 20.1. The van der Waals surface area contributed by atoms with Crippen molar-refractivity contribution in [2.75, 3.05) is 27.2 Å². The molecule has 0 N–H and O–H groups in total. The van der Waals surface area contributed by atoms with Gasteiger partial charge < -0.3 is 4.90 Å². The number of aryl methyl sites for hydroxylation is 1. The summed E-state index contributed by atoms with van der Waals surface area (Å²) in [6.07, 6.45) is 9.59. The molecule has 4 rings (SSSR count). The zero-order chi connectivity index (χ0) is 20.5. The predicted molar refractivity (Wildman–Crippen MR) is 122 cm³/mol. The minimum Gasteiger partial charge on any atom is -0.339 e. The van der Waals surface area contributed by atoms with Crippen molar-refractivity contribution in [2.45, 2.75) is 44.6 Å². The van der Waals surface area contributed by atoms with Crippen LogP contribution in [0.4, 0.5) is 0 Å². The number of carbonyl (C=O) groups excluding carboxylic acids is 1. The van der Waals surface area contributed by atoms with Gasteiger partial charge in [-0.25, -0.2) is 0 Å². The summed E-state index contributed by atoms with van der Waals surface area (Å²) in [5, 5.41) is 0. The molecule has 1 saturated carbocycles. The third-order valence-corrected chi connectivity index (χ3v) is 8.35. The van der Waals surface area contributed by atoms with Crippen LogP contribution in [-0.4, -0.2) is 42.9 Å². The van der Waals surface area contributed by atoms with Gasteiger partial charge in [0.2, 0.25) is 5.91 Å². The van der Waals surface area contributed by atoms with Gasteiger partial charge in [0.1, 0.15) is 0 Å². The summed E-state index contributed by atoms with van der Waals surface area (Å²) in [5.41, 5.74) is 1.55. The lowest BCUT2D eigenvalue weighted by Gasteiger charge is -2.48. The molecule has 1 spiro atoms. The lowest BCUT2D eigenvalue weighted by molar-refractivity contribution is -0.125. The molecule has 2 heterocycles. The molecule has 1 aliphatic carbocycles. The summed E-state index contributed by atoms with van der Waals surface area (Å²) >= 11 is 1.95. The number of benzene rings is 1. The molecule has 2 fully saturated rings. The van der Waals surface area contributed by atoms with E-state index in [0.717, 1.165) is 25.1 Å². The highest BCUT2D eigenvalue weighted by atomic mass is 32.1. The van der Waals surface area contributed by atoms with Gasteiger partial charge in [-0.1, -0.05) is 30.3 Å². The number of likely N-dealkylation sites (tertiary alicyclic amines) is 1. The summed E-state index contributed by atoms with van der Waals surface area (Å²) < 4.78 is 0. The molecule has 1 amide bonds. The van der Waals surface area contributed by atoms with E-state index < -0.39 is 0 Å². The van der Waals surface area contributed by atoms with E-state index in [9.17, 15) is 4.79 Å². The molecule has 0 radical (unpaired) electrons. The first-order chi connectivity index (χ1) is 13.9. The van der Waals surface area contributed by atoms with E-state index in [0.29, 0.717) is 5.41 Å². The van der Waals surface area contributed by atoms with Crippen molar-refractivity contribution < 1.29 is 4.79 Å². The molecule has 154 valence electrons. The number of carbonyl (C=O) groups is 1. The fraction of sp³-hybridized carbons (Fsp3) is 0.480. The van der Waals surface area contributed by atoms with Crippen LogP contribution in [0.5, 0.6) is 0 Å². The Kier molecular flexibility index (Phi) is 5.67. The highest BCUT2D eigenvalue weighted by Gasteiger charge is 2.48. The summed E-state index contributed by atoms with van der Waals surface area (Å²) in [5.74, 6) is 0.157. The van der Waals surface area contributed by atoms with Crippen molar-refractivity contribution in [3.63, 3.8) is 0 Å². The maximum atomic E-state index is 12.7. The van der Waals surface area contributed by atoms with Crippen LogP contribution in [0.1, 0.15) is 47.4 Å². The van der Waals surface area contributed by atoms with Crippen molar-refractivity contribution in [2.24, 2.45) is 5.41 Å². The zero-order valence-electron chi connectivity index (χ0n) is 17.9. The number of thiophene rings is 1. The van der Waals surface area contributed by atoms with Gasteiger partial charge in [0, 0.05) is 28.9 Å². The first-order valence-electron chi connectivity index (χ1n) is 10.7. The van der Waals surface area contributed by atoms with Crippen molar-refractivity contribution in [3.8, 4) is 0 Å². The van der Waals surface area contributed by atoms with E-state index >= 15 is 0 Å². The summed E-state index contributed by atoms with van der Waals surface area (Å²) in [6.45, 7) is 4.01. The number of amides is 1. The molecule has 1 aliphatic heterocycles. The second-order valence-electron chi connectivity index (χ2n) is 9.09. The topological polar surface area (TPSA) is 23.6 Å². The molecule has 0 unspecified atom stereocenters. The third kappa shape index (κ3) is 4.06. The van der Waals surface area contributed by atoms with E-state index in [4.69, 9.17) is 0 Å². The van der Waals surface area contributed by atoms with Crippen LogP contribution in [-0.2, 0) is 10.3 Å². The minimum atomic E-state index is 0.157. The largest absolute Gasteiger partial charge is 0.339 e. The Balaban J connectivity index is 1.41. The maximum Gasteiger partial charge on any atom is 0.246 e. The second kappa shape index (κ2) is 8.08. The Morgan fingerprint density at radius 3 is 2.38 bits per heavy atom. The minimum absolute atomic E-state index is 0.157. The van der Waals surface area contributed by atoms with Crippen molar-refractivity contribution >= 4 is 23.3 Å². The Morgan fingerprint density at radius 1 is 1.03 bits per heavy atom. The predicted octanol–water partition coefficient (Wildman–Crippen LogP) is 5.32. The monoisotopic (exact) mass is 408 g/mol. The van der Waals surface area contributed by atoms with Crippen LogP contribution in [0, 0.1) is 12.3 Å². The average molecular weight is 409 g/mol. The Hall–Kier alpha value is -1.91. The van der Waals surface area contributed by atoms with Gasteiger partial charge >= 0.3 is 0 Å². The Morgan fingerprint density at radius 2 is 1.76 bits per heavy atom. The molecular weight excluding hydrogens is 376 g/mol. The maximum absolute atomic E-state index is 12.7. The third-order valence-electron chi connectivity index (χ3n) is 7.16. The van der Waals surface area contributed by atoms with Crippen LogP contribution in [0.3, 0.4) is 0 Å². The van der Waals surface area contributed by atoms with Crippen molar-refractivity contribution in [1.29, 1.82) is 0 Å². The number of hydrogen-bond acceptors (Lipinski definition) is 3. The van der Waals surface area contributed by atoms with Crippen molar-refractivity contribution in [3.05, 3.63) is 63.9 Å². The van der Waals surface area contributed by atoms with Gasteiger partial charge in [0.15, 0.2) is 0 Å². The molecule has 29 heavy (non-hydrogen) atoms. The second-order valence-corrected chi connectivity index (χ2v) is 10.4. The number of rotatable bonds is 4. The quantitative estimate of drug-likeness (QED) is 0.639. The molecule has 2 aliphatic rings. The molecule has 0 bridgehead atoms. The molecular formula is C25H32N2OS. The van der Waals surface area contributed by atoms with Crippen LogP contribution in [0.25, 0.3) is 6.08 Å². The summed E-state index contributed by atoms with van der Waals surface area (Å²) in [7, 11) is 4.46. The van der Waals surface area contributed by atoms with Crippen molar-refractivity contribution in [1.82, 2.24) is 9.80 Å². The van der Waals surface area contributed by atoms with E-state index in [-0.39, 0.29) is 11.4 Å². The summed E-state index contributed by atoms with van der Waals surface area (Å²) in [6, 6.07) is 14.7. The fourth-order valence-corrected chi connectivity index (χ4v) is 6.36. The lowest BCUT2D eigenvalue weighted by atomic mass is 9.66. The molecule has 4 heteroatoms. The SMILES string of the molecule is Cc1ccc(C2(N(C)C)CCC3(CCN(C(=O)/C=C/c4ccccc4)C3)CC2)s1. The number of nitrogens with zero attached hydrogens (tertiary/aromatic N) is 2. The van der Waals surface area contributed by atoms with E-state index in [1.165, 1.54) is 35.4 Å². The van der Waals surface area contributed by atoms with Crippen LogP contribution >= 0.6 is 11.3 Å². The van der Waals surface area contributed by atoms with Gasteiger partial charge in [-0.2, -0.15) is 0 Å². The van der Waals surface area contributed by atoms with Gasteiger partial charge in [-0.05, 0) is 82.3 Å². The number of hydrogen-bond donors (Lipinski definition) is 0. The average Bonchev–Trinajstić information content (AvgIpc) is 3.35. The zero-order valence-corrected chi connectivity index (χ0v) is 18.7. The highest BCUT2D eigenvalue weighted by molar-refractivity contribution is 7.12. The first-order valence-corrected chi connectivity index (χ1v) is 11.5. The molecule has 1 aromatic carbocycles. The lowest BCUT2D eigenvalue weighted by Crippen LogP contribution is -2.47. The highest BCUT2D eigenvalue weighted by Crippen LogP contribution is 2.52. The molecule has 1 aromatic heterocycles. The van der Waals surface area contributed by atoms with E-state index in [1.54, 1.807) is 6.08 Å². The first kappa shape index (κ1) is 20.4. The molecule has 2 aromatic rings. The molecule has 3 nitrogen and oxygen atoms in total. The fourth-order valence-electron chi connectivity index (χ4n) is 5.16. The van der Waals surface area contributed by atoms with Crippen LogP contribution < -0.4 is 0 Å². The van der Waals surface area contributed by atoms with Gasteiger partial charge in [0.05, 0.1) is 5.54 Å². The smallest absolute Gasteiger partial charge is 0.246 e. The van der Waals surface area contributed by atoms with E-state index in [1.807, 2.05) is 47.7 Å². The normalized spacial score (nSPS) is 27.4. The van der Waals surface area contributed by atoms with Crippen LogP contribution in [0.2, 0.25) is 0 Å². The Bertz CT molecular complexity index is 875. The molecule has 1 saturated heterocycles. The van der Waals surface area contributed by atoms with Gasteiger partial charge in [-0.3, -0.25) is 9.69 Å². The van der Waals surface area contributed by atoms with Gasteiger partial charge in [-0.15, -0.1) is 11.3 Å². The van der Waals surface area contributed by atoms with E-state index in [2.05, 4.69) is 43.0 Å². The standard InChI is InChI=1S/C25H32N2OS/c1-20-9-11-22(29-20)25(26(2)3)15-13-24(14-16-25)17-18-27(19-24)23(28)12-10-21-7-5-4-6-8-21/h4-12H,13-19H2,1-3H3/b12-10+. The van der Waals surface area contributed by atoms with Crippen LogP contribution in [0.15, 0.2) is 48.5 Å².